The minimum Gasteiger partial charge on any atom is -0.316 e. The molecular weight excluding hydrogens is 196 g/mol. The highest BCUT2D eigenvalue weighted by Gasteiger charge is 2.43. The third kappa shape index (κ3) is 1.64. The van der Waals surface area contributed by atoms with Crippen LogP contribution >= 0.6 is 0 Å². The Morgan fingerprint density at radius 2 is 2.38 bits per heavy atom. The average Bonchev–Trinajstić information content (AvgIpc) is 2.77. The number of hydrogen-bond donors (Lipinski definition) is 1. The van der Waals surface area contributed by atoms with Gasteiger partial charge in [-0.05, 0) is 50.1 Å². The standard InChI is InChI=1S/C14H22N2/c1-2-4-11-12-5-3-6-16-14(12)7-10-8-15-9-13(10)11/h3,6,10-13,15H,2,4-5,7-9H2,1H3/t10-,11?,12?,13-/m1/s1. The summed E-state index contributed by atoms with van der Waals surface area (Å²) in [6, 6.07) is 0. The zero-order valence-electron chi connectivity index (χ0n) is 10.2. The van der Waals surface area contributed by atoms with Gasteiger partial charge in [-0.25, -0.2) is 0 Å². The van der Waals surface area contributed by atoms with Crippen LogP contribution in [0.5, 0.6) is 0 Å². The SMILES string of the molecule is CCCC1C2CC=CN=C2C[C@@H]2CNC[C@@H]12. The lowest BCUT2D eigenvalue weighted by Crippen LogP contribution is -2.40. The number of fused-ring (bicyclic) bond motifs is 2. The fraction of sp³-hybridized carbons (Fsp3) is 0.786. The van der Waals surface area contributed by atoms with E-state index < -0.39 is 0 Å². The lowest BCUT2D eigenvalue weighted by Gasteiger charge is -2.41. The second-order valence-electron chi connectivity index (χ2n) is 5.59. The van der Waals surface area contributed by atoms with E-state index in [9.17, 15) is 0 Å². The van der Waals surface area contributed by atoms with Crippen molar-refractivity contribution in [3.05, 3.63) is 12.3 Å². The summed E-state index contributed by atoms with van der Waals surface area (Å²) < 4.78 is 0. The minimum atomic E-state index is 0.770. The van der Waals surface area contributed by atoms with Crippen molar-refractivity contribution >= 4 is 5.71 Å². The molecule has 0 bridgehead atoms. The first-order chi connectivity index (χ1) is 7.90. The molecule has 1 saturated carbocycles. The van der Waals surface area contributed by atoms with Gasteiger partial charge in [0.05, 0.1) is 0 Å². The van der Waals surface area contributed by atoms with E-state index in [0.29, 0.717) is 0 Å². The Kier molecular flexibility index (Phi) is 2.84. The van der Waals surface area contributed by atoms with Crippen LogP contribution in [0, 0.1) is 23.7 Å². The maximum absolute atomic E-state index is 4.65. The summed E-state index contributed by atoms with van der Waals surface area (Å²) in [5, 5.41) is 3.59. The molecule has 3 aliphatic rings. The molecule has 2 heteroatoms. The molecule has 0 radical (unpaired) electrons. The first-order valence-electron chi connectivity index (χ1n) is 6.82. The summed E-state index contributed by atoms with van der Waals surface area (Å²) in [4.78, 5) is 4.65. The fourth-order valence-electron chi connectivity index (χ4n) is 4.01. The zero-order valence-corrected chi connectivity index (χ0v) is 10.2. The molecule has 2 heterocycles. The predicted molar refractivity (Wildman–Crippen MR) is 67.5 cm³/mol. The molecule has 3 rings (SSSR count). The average molecular weight is 218 g/mol. The number of nitrogens with one attached hydrogen (secondary N) is 1. The maximum atomic E-state index is 4.65. The highest BCUT2D eigenvalue weighted by molar-refractivity contribution is 5.89. The second kappa shape index (κ2) is 4.33. The van der Waals surface area contributed by atoms with Crippen LogP contribution in [0.25, 0.3) is 0 Å². The Morgan fingerprint density at radius 1 is 1.44 bits per heavy atom. The molecule has 4 atom stereocenters. The lowest BCUT2D eigenvalue weighted by molar-refractivity contribution is 0.195. The predicted octanol–water partition coefficient (Wildman–Crippen LogP) is 2.62. The quantitative estimate of drug-likeness (QED) is 0.757. The molecule has 1 aliphatic carbocycles. The van der Waals surface area contributed by atoms with Crippen molar-refractivity contribution in [2.24, 2.45) is 28.7 Å². The van der Waals surface area contributed by atoms with Crippen LogP contribution in [-0.4, -0.2) is 18.8 Å². The van der Waals surface area contributed by atoms with Gasteiger partial charge < -0.3 is 5.32 Å². The normalized spacial score (nSPS) is 41.4. The van der Waals surface area contributed by atoms with Crippen molar-refractivity contribution in [3.63, 3.8) is 0 Å². The van der Waals surface area contributed by atoms with Gasteiger partial charge in [-0.3, -0.25) is 4.99 Å². The van der Waals surface area contributed by atoms with Crippen molar-refractivity contribution in [2.45, 2.75) is 32.6 Å². The largest absolute Gasteiger partial charge is 0.316 e. The molecule has 0 amide bonds. The molecule has 88 valence electrons. The first-order valence-corrected chi connectivity index (χ1v) is 6.82. The van der Waals surface area contributed by atoms with E-state index >= 15 is 0 Å². The Bertz CT molecular complexity index is 319. The van der Waals surface area contributed by atoms with Crippen molar-refractivity contribution in [1.82, 2.24) is 5.32 Å². The lowest BCUT2D eigenvalue weighted by atomic mass is 9.64. The summed E-state index contributed by atoms with van der Waals surface area (Å²) in [7, 11) is 0. The van der Waals surface area contributed by atoms with Crippen LogP contribution in [0.15, 0.2) is 17.3 Å². The van der Waals surface area contributed by atoms with Gasteiger partial charge in [0, 0.05) is 17.8 Å². The third-order valence-electron chi connectivity index (χ3n) is 4.72. The van der Waals surface area contributed by atoms with E-state index in [2.05, 4.69) is 23.3 Å². The Hall–Kier alpha value is -0.630. The molecule has 0 aromatic rings. The Balaban J connectivity index is 1.86. The van der Waals surface area contributed by atoms with Crippen LogP contribution in [0.1, 0.15) is 32.6 Å². The van der Waals surface area contributed by atoms with Gasteiger partial charge in [-0.1, -0.05) is 19.4 Å². The van der Waals surface area contributed by atoms with Gasteiger partial charge in [-0.2, -0.15) is 0 Å². The van der Waals surface area contributed by atoms with Crippen LogP contribution in [0.2, 0.25) is 0 Å². The highest BCUT2D eigenvalue weighted by atomic mass is 14.9. The number of allylic oxidation sites excluding steroid dienone is 1. The van der Waals surface area contributed by atoms with E-state index in [1.54, 1.807) is 0 Å². The van der Waals surface area contributed by atoms with Crippen molar-refractivity contribution in [3.8, 4) is 0 Å². The van der Waals surface area contributed by atoms with Crippen molar-refractivity contribution in [1.29, 1.82) is 0 Å². The number of hydrogen-bond acceptors (Lipinski definition) is 2. The minimum absolute atomic E-state index is 0.770. The highest BCUT2D eigenvalue weighted by Crippen LogP contribution is 2.44. The van der Waals surface area contributed by atoms with Crippen LogP contribution < -0.4 is 5.32 Å². The number of rotatable bonds is 2. The Labute approximate surface area is 98.2 Å². The summed E-state index contributed by atoms with van der Waals surface area (Å²) in [5.41, 5.74) is 1.51. The molecule has 16 heavy (non-hydrogen) atoms. The molecule has 2 nitrogen and oxygen atoms in total. The zero-order chi connectivity index (χ0) is 11.0. The van der Waals surface area contributed by atoms with Gasteiger partial charge in [0.25, 0.3) is 0 Å². The number of nitrogens with zero attached hydrogens (tertiary/aromatic N) is 1. The fourth-order valence-corrected chi connectivity index (χ4v) is 4.01. The summed E-state index contributed by atoms with van der Waals surface area (Å²) in [5.74, 6) is 3.46. The summed E-state index contributed by atoms with van der Waals surface area (Å²) >= 11 is 0. The first kappa shape index (κ1) is 10.5. The Morgan fingerprint density at radius 3 is 3.25 bits per heavy atom. The topological polar surface area (TPSA) is 24.4 Å². The van der Waals surface area contributed by atoms with Crippen LogP contribution in [-0.2, 0) is 0 Å². The van der Waals surface area contributed by atoms with Crippen LogP contribution in [0.4, 0.5) is 0 Å². The van der Waals surface area contributed by atoms with E-state index in [1.807, 2.05) is 6.20 Å². The smallest absolute Gasteiger partial charge is 0.0227 e. The molecular formula is C14H22N2. The molecule has 2 aliphatic heterocycles. The van der Waals surface area contributed by atoms with Crippen molar-refractivity contribution in [2.75, 3.05) is 13.1 Å². The molecule has 0 aromatic heterocycles. The van der Waals surface area contributed by atoms with Crippen molar-refractivity contribution < 1.29 is 0 Å². The maximum Gasteiger partial charge on any atom is 0.0227 e. The molecule has 2 unspecified atom stereocenters. The molecule has 1 saturated heterocycles. The van der Waals surface area contributed by atoms with E-state index in [-0.39, 0.29) is 0 Å². The monoisotopic (exact) mass is 218 g/mol. The van der Waals surface area contributed by atoms with E-state index in [4.69, 9.17) is 0 Å². The second-order valence-corrected chi connectivity index (χ2v) is 5.59. The van der Waals surface area contributed by atoms with Gasteiger partial charge in [0.1, 0.15) is 0 Å². The van der Waals surface area contributed by atoms with Crippen LogP contribution in [0.3, 0.4) is 0 Å². The van der Waals surface area contributed by atoms with Gasteiger partial charge in [-0.15, -0.1) is 0 Å². The molecule has 0 aromatic carbocycles. The number of aliphatic imine (C=N–C) groups is 1. The molecule has 0 spiro atoms. The van der Waals surface area contributed by atoms with Gasteiger partial charge >= 0.3 is 0 Å². The third-order valence-corrected chi connectivity index (χ3v) is 4.72. The van der Waals surface area contributed by atoms with Gasteiger partial charge in [0.15, 0.2) is 0 Å². The van der Waals surface area contributed by atoms with E-state index in [1.165, 1.54) is 44.5 Å². The summed E-state index contributed by atoms with van der Waals surface area (Å²) in [6.45, 7) is 4.80. The van der Waals surface area contributed by atoms with Gasteiger partial charge in [0.2, 0.25) is 0 Å². The molecule has 2 fully saturated rings. The van der Waals surface area contributed by atoms with E-state index in [0.717, 1.165) is 23.7 Å². The summed E-state index contributed by atoms with van der Waals surface area (Å²) in [6.07, 6.45) is 9.50. The molecule has 1 N–H and O–H groups in total.